The Balaban J connectivity index is 2.73. The summed E-state index contributed by atoms with van der Waals surface area (Å²) in [5.41, 5.74) is 5.33. The first-order chi connectivity index (χ1) is 7.52. The minimum atomic E-state index is -0.129. The Morgan fingerprint density at radius 1 is 1.50 bits per heavy atom. The smallest absolute Gasteiger partial charge is 0.138 e. The van der Waals surface area contributed by atoms with Gasteiger partial charge in [0.25, 0.3) is 0 Å². The lowest BCUT2D eigenvalue weighted by Crippen LogP contribution is -2.24. The lowest BCUT2D eigenvalue weighted by Gasteiger charge is -2.17. The second kappa shape index (κ2) is 5.97. The molecule has 0 aromatic heterocycles. The van der Waals surface area contributed by atoms with E-state index in [9.17, 15) is 0 Å². The standard InChI is InChI=1S/C11H14Cl2N2O/c1-2-8(6-11(14)15)16-10-4-3-7(12)5-9(10)13/h3-5,8H,2,6H2,1H3,(H3,14,15). The molecule has 1 rings (SSSR count). The quantitative estimate of drug-likeness (QED) is 0.629. The molecule has 1 aromatic carbocycles. The molecule has 0 spiro atoms. The highest BCUT2D eigenvalue weighted by Gasteiger charge is 2.12. The Kier molecular flexibility index (Phi) is 4.90. The van der Waals surface area contributed by atoms with Gasteiger partial charge in [-0.3, -0.25) is 5.41 Å². The summed E-state index contributed by atoms with van der Waals surface area (Å²) in [6, 6.07) is 5.05. The summed E-state index contributed by atoms with van der Waals surface area (Å²) in [5.74, 6) is 0.677. The Hall–Kier alpha value is -0.930. The van der Waals surface area contributed by atoms with Crippen LogP contribution in [0.15, 0.2) is 18.2 Å². The predicted molar refractivity (Wildman–Crippen MR) is 67.7 cm³/mol. The third-order valence-electron chi connectivity index (χ3n) is 2.09. The van der Waals surface area contributed by atoms with Gasteiger partial charge in [0.1, 0.15) is 11.9 Å². The van der Waals surface area contributed by atoms with Crippen molar-refractivity contribution >= 4 is 29.0 Å². The van der Waals surface area contributed by atoms with Gasteiger partial charge in [-0.05, 0) is 24.6 Å². The Morgan fingerprint density at radius 3 is 2.69 bits per heavy atom. The summed E-state index contributed by atoms with van der Waals surface area (Å²) in [7, 11) is 0. The van der Waals surface area contributed by atoms with Gasteiger partial charge in [0.2, 0.25) is 0 Å². The molecule has 1 atom stereocenters. The first-order valence-corrected chi connectivity index (χ1v) is 5.73. The van der Waals surface area contributed by atoms with Gasteiger partial charge < -0.3 is 10.5 Å². The van der Waals surface area contributed by atoms with E-state index in [2.05, 4.69) is 0 Å². The van der Waals surface area contributed by atoms with E-state index in [1.165, 1.54) is 0 Å². The van der Waals surface area contributed by atoms with E-state index >= 15 is 0 Å². The SMILES string of the molecule is CCC(CC(=N)N)Oc1ccc(Cl)cc1Cl. The van der Waals surface area contributed by atoms with Crippen LogP contribution < -0.4 is 10.5 Å². The molecule has 0 saturated carbocycles. The largest absolute Gasteiger partial charge is 0.488 e. The normalized spacial score (nSPS) is 12.2. The van der Waals surface area contributed by atoms with Gasteiger partial charge >= 0.3 is 0 Å². The maximum Gasteiger partial charge on any atom is 0.138 e. The van der Waals surface area contributed by atoms with Crippen molar-refractivity contribution in [2.45, 2.75) is 25.9 Å². The highest BCUT2D eigenvalue weighted by molar-refractivity contribution is 6.35. The van der Waals surface area contributed by atoms with E-state index < -0.39 is 0 Å². The fourth-order valence-corrected chi connectivity index (χ4v) is 1.72. The van der Waals surface area contributed by atoms with Crippen LogP contribution >= 0.6 is 23.2 Å². The van der Waals surface area contributed by atoms with Gasteiger partial charge in [-0.25, -0.2) is 0 Å². The maximum atomic E-state index is 7.23. The van der Waals surface area contributed by atoms with Crippen molar-refractivity contribution in [1.82, 2.24) is 0 Å². The highest BCUT2D eigenvalue weighted by atomic mass is 35.5. The molecule has 0 bridgehead atoms. The number of rotatable bonds is 5. The third kappa shape index (κ3) is 3.91. The summed E-state index contributed by atoms with van der Waals surface area (Å²) in [4.78, 5) is 0. The van der Waals surface area contributed by atoms with E-state index in [4.69, 9.17) is 39.1 Å². The summed E-state index contributed by atoms with van der Waals surface area (Å²) in [5, 5.41) is 8.26. The van der Waals surface area contributed by atoms with Crippen molar-refractivity contribution in [3.8, 4) is 5.75 Å². The van der Waals surface area contributed by atoms with Gasteiger partial charge in [-0.15, -0.1) is 0 Å². The number of ether oxygens (including phenoxy) is 1. The number of hydrogen-bond acceptors (Lipinski definition) is 2. The molecular weight excluding hydrogens is 247 g/mol. The summed E-state index contributed by atoms with van der Waals surface area (Å²) >= 11 is 11.8. The molecular formula is C11H14Cl2N2O. The number of nitrogens with two attached hydrogens (primary N) is 1. The lowest BCUT2D eigenvalue weighted by atomic mass is 10.2. The molecule has 0 saturated heterocycles. The zero-order chi connectivity index (χ0) is 12.1. The number of nitrogens with one attached hydrogen (secondary N) is 1. The summed E-state index contributed by atoms with van der Waals surface area (Å²) in [6.07, 6.45) is 1.03. The van der Waals surface area contributed by atoms with Crippen molar-refractivity contribution in [2.24, 2.45) is 5.73 Å². The van der Waals surface area contributed by atoms with Crippen LogP contribution in [0.3, 0.4) is 0 Å². The van der Waals surface area contributed by atoms with Crippen LogP contribution in [0.2, 0.25) is 10.0 Å². The molecule has 1 aromatic rings. The molecule has 0 heterocycles. The number of halogens is 2. The molecule has 3 N–H and O–H groups in total. The summed E-state index contributed by atoms with van der Waals surface area (Å²) in [6.45, 7) is 1.97. The molecule has 88 valence electrons. The topological polar surface area (TPSA) is 59.1 Å². The lowest BCUT2D eigenvalue weighted by molar-refractivity contribution is 0.205. The average molecular weight is 261 g/mol. The third-order valence-corrected chi connectivity index (χ3v) is 2.62. The first-order valence-electron chi connectivity index (χ1n) is 4.97. The van der Waals surface area contributed by atoms with Crippen LogP contribution in [0.5, 0.6) is 5.75 Å². The Morgan fingerprint density at radius 2 is 2.19 bits per heavy atom. The van der Waals surface area contributed by atoms with Crippen LogP contribution in [0.25, 0.3) is 0 Å². The summed E-state index contributed by atoms with van der Waals surface area (Å²) < 4.78 is 5.65. The second-order valence-electron chi connectivity index (χ2n) is 3.45. The zero-order valence-electron chi connectivity index (χ0n) is 8.97. The van der Waals surface area contributed by atoms with Crippen LogP contribution in [0.4, 0.5) is 0 Å². The Labute approximate surface area is 105 Å². The van der Waals surface area contributed by atoms with Gasteiger partial charge in [-0.2, -0.15) is 0 Å². The molecule has 0 fully saturated rings. The van der Waals surface area contributed by atoms with Crippen molar-refractivity contribution in [2.75, 3.05) is 0 Å². The number of hydrogen-bond donors (Lipinski definition) is 2. The fraction of sp³-hybridized carbons (Fsp3) is 0.364. The second-order valence-corrected chi connectivity index (χ2v) is 4.30. The van der Waals surface area contributed by atoms with E-state index in [-0.39, 0.29) is 11.9 Å². The maximum absolute atomic E-state index is 7.23. The molecule has 0 radical (unpaired) electrons. The van der Waals surface area contributed by atoms with Crippen LogP contribution in [0.1, 0.15) is 19.8 Å². The molecule has 0 aliphatic carbocycles. The van der Waals surface area contributed by atoms with Gasteiger partial charge in [-0.1, -0.05) is 30.1 Å². The minimum Gasteiger partial charge on any atom is -0.488 e. The van der Waals surface area contributed by atoms with Crippen molar-refractivity contribution < 1.29 is 4.74 Å². The molecule has 3 nitrogen and oxygen atoms in total. The van der Waals surface area contributed by atoms with Crippen LogP contribution in [-0.4, -0.2) is 11.9 Å². The molecule has 1 unspecified atom stereocenters. The van der Waals surface area contributed by atoms with Crippen molar-refractivity contribution in [1.29, 1.82) is 5.41 Å². The Bertz CT molecular complexity index is 382. The number of amidine groups is 1. The van der Waals surface area contributed by atoms with E-state index in [1.807, 2.05) is 6.92 Å². The molecule has 0 amide bonds. The number of benzene rings is 1. The fourth-order valence-electron chi connectivity index (χ4n) is 1.26. The van der Waals surface area contributed by atoms with E-state index in [0.717, 1.165) is 6.42 Å². The first kappa shape index (κ1) is 13.1. The predicted octanol–water partition coefficient (Wildman–Crippen LogP) is 3.48. The van der Waals surface area contributed by atoms with Crippen molar-refractivity contribution in [3.63, 3.8) is 0 Å². The highest BCUT2D eigenvalue weighted by Crippen LogP contribution is 2.29. The van der Waals surface area contributed by atoms with Crippen molar-refractivity contribution in [3.05, 3.63) is 28.2 Å². The van der Waals surface area contributed by atoms with Gasteiger partial charge in [0.05, 0.1) is 10.9 Å². The zero-order valence-corrected chi connectivity index (χ0v) is 10.5. The molecule has 5 heteroatoms. The monoisotopic (exact) mass is 260 g/mol. The van der Waals surface area contributed by atoms with E-state index in [1.54, 1.807) is 18.2 Å². The van der Waals surface area contributed by atoms with Crippen LogP contribution in [0, 0.1) is 5.41 Å². The van der Waals surface area contributed by atoms with E-state index in [0.29, 0.717) is 22.2 Å². The van der Waals surface area contributed by atoms with Crippen LogP contribution in [-0.2, 0) is 0 Å². The molecule has 0 aliphatic heterocycles. The van der Waals surface area contributed by atoms with Gasteiger partial charge in [0, 0.05) is 11.4 Å². The minimum absolute atomic E-state index is 0.108. The molecule has 16 heavy (non-hydrogen) atoms. The van der Waals surface area contributed by atoms with Gasteiger partial charge in [0.15, 0.2) is 0 Å². The average Bonchev–Trinajstić information content (AvgIpc) is 2.20. The molecule has 0 aliphatic rings.